The van der Waals surface area contributed by atoms with Crippen LogP contribution in [-0.4, -0.2) is 31.8 Å². The lowest BCUT2D eigenvalue weighted by Crippen LogP contribution is -2.39. The molecule has 0 saturated carbocycles. The van der Waals surface area contributed by atoms with Crippen LogP contribution in [0, 0.1) is 0 Å². The van der Waals surface area contributed by atoms with Crippen molar-refractivity contribution >= 4 is 17.6 Å². The van der Waals surface area contributed by atoms with E-state index < -0.39 is 0 Å². The van der Waals surface area contributed by atoms with Crippen molar-refractivity contribution in [1.82, 2.24) is 5.32 Å². The van der Waals surface area contributed by atoms with Crippen molar-refractivity contribution < 1.29 is 14.3 Å². The van der Waals surface area contributed by atoms with Crippen LogP contribution in [0.15, 0.2) is 24.3 Å². The summed E-state index contributed by atoms with van der Waals surface area (Å²) in [5.41, 5.74) is 0.888. The minimum atomic E-state index is -0.247. The summed E-state index contributed by atoms with van der Waals surface area (Å²) in [5, 5.41) is 3.81. The molecule has 5 heteroatoms. The van der Waals surface area contributed by atoms with Crippen molar-refractivity contribution in [3.63, 3.8) is 0 Å². The van der Waals surface area contributed by atoms with Gasteiger partial charge in [-0.1, -0.05) is 23.7 Å². The van der Waals surface area contributed by atoms with E-state index in [4.69, 9.17) is 21.1 Å². The summed E-state index contributed by atoms with van der Waals surface area (Å²) in [7, 11) is 0. The number of hydrogen-bond acceptors (Lipinski definition) is 4. The lowest BCUT2D eigenvalue weighted by atomic mass is 10.2. The first-order valence-electron chi connectivity index (χ1n) is 5.96. The Morgan fingerprint density at radius 3 is 3.17 bits per heavy atom. The molecule has 0 aromatic heterocycles. The lowest BCUT2D eigenvalue weighted by molar-refractivity contribution is -0.148. The van der Waals surface area contributed by atoms with Crippen LogP contribution in [0.5, 0.6) is 0 Å². The van der Waals surface area contributed by atoms with Crippen LogP contribution < -0.4 is 5.32 Å². The first kappa shape index (κ1) is 13.3. The summed E-state index contributed by atoms with van der Waals surface area (Å²) in [5.74, 6) is -0.247. The molecule has 1 aromatic carbocycles. The average molecular weight is 270 g/mol. The van der Waals surface area contributed by atoms with Crippen LogP contribution in [0.25, 0.3) is 0 Å². The second-order valence-corrected chi connectivity index (χ2v) is 4.63. The Morgan fingerprint density at radius 2 is 2.44 bits per heavy atom. The number of ether oxygens (including phenoxy) is 2. The number of morpholine rings is 1. The van der Waals surface area contributed by atoms with Crippen molar-refractivity contribution in [2.45, 2.75) is 19.1 Å². The minimum Gasteiger partial charge on any atom is -0.461 e. The summed E-state index contributed by atoms with van der Waals surface area (Å²) in [4.78, 5) is 11.6. The van der Waals surface area contributed by atoms with Crippen molar-refractivity contribution in [3.05, 3.63) is 34.9 Å². The molecule has 1 atom stereocenters. The Morgan fingerprint density at radius 1 is 1.56 bits per heavy atom. The smallest absolute Gasteiger partial charge is 0.308 e. The zero-order chi connectivity index (χ0) is 12.8. The largest absolute Gasteiger partial charge is 0.461 e. The maximum absolute atomic E-state index is 11.6. The van der Waals surface area contributed by atoms with E-state index in [1.165, 1.54) is 0 Å². The number of rotatable bonds is 4. The highest BCUT2D eigenvalue weighted by Gasteiger charge is 2.18. The number of esters is 1. The molecule has 0 aliphatic carbocycles. The molecule has 1 unspecified atom stereocenters. The highest BCUT2D eigenvalue weighted by atomic mass is 35.5. The molecule has 1 aliphatic heterocycles. The highest BCUT2D eigenvalue weighted by Crippen LogP contribution is 2.12. The quantitative estimate of drug-likeness (QED) is 0.847. The maximum atomic E-state index is 11.6. The van der Waals surface area contributed by atoms with Gasteiger partial charge >= 0.3 is 5.97 Å². The van der Waals surface area contributed by atoms with Gasteiger partial charge in [-0.3, -0.25) is 4.79 Å². The molecule has 2 rings (SSSR count). The van der Waals surface area contributed by atoms with Gasteiger partial charge in [0.05, 0.1) is 19.1 Å². The number of benzene rings is 1. The third-order valence-electron chi connectivity index (χ3n) is 2.69. The van der Waals surface area contributed by atoms with Gasteiger partial charge in [0.1, 0.15) is 6.61 Å². The van der Waals surface area contributed by atoms with E-state index in [1.807, 2.05) is 12.1 Å². The molecule has 1 heterocycles. The molecule has 0 spiro atoms. The fourth-order valence-electron chi connectivity index (χ4n) is 1.79. The van der Waals surface area contributed by atoms with Crippen LogP contribution in [0.2, 0.25) is 5.02 Å². The molecule has 18 heavy (non-hydrogen) atoms. The summed E-state index contributed by atoms with van der Waals surface area (Å²) < 4.78 is 10.6. The van der Waals surface area contributed by atoms with Crippen LogP contribution in [0.4, 0.5) is 0 Å². The number of nitrogens with one attached hydrogen (secondary N) is 1. The molecule has 1 aliphatic rings. The van der Waals surface area contributed by atoms with E-state index in [-0.39, 0.29) is 25.1 Å². The SMILES string of the molecule is O=C(CC1CNCCO1)OCc1cccc(Cl)c1. The Bertz CT molecular complexity index is 405. The lowest BCUT2D eigenvalue weighted by Gasteiger charge is -2.22. The van der Waals surface area contributed by atoms with Gasteiger partial charge in [-0.05, 0) is 17.7 Å². The molecule has 4 nitrogen and oxygen atoms in total. The third-order valence-corrected chi connectivity index (χ3v) is 2.92. The van der Waals surface area contributed by atoms with Crippen LogP contribution in [-0.2, 0) is 20.9 Å². The number of halogens is 1. The Hall–Kier alpha value is -1.10. The van der Waals surface area contributed by atoms with Gasteiger partial charge < -0.3 is 14.8 Å². The average Bonchev–Trinajstić information content (AvgIpc) is 2.38. The Labute approximate surface area is 111 Å². The normalized spacial score (nSPS) is 19.5. The van der Waals surface area contributed by atoms with Gasteiger partial charge in [0.15, 0.2) is 0 Å². The van der Waals surface area contributed by atoms with Gasteiger partial charge in [0.25, 0.3) is 0 Å². The van der Waals surface area contributed by atoms with Gasteiger partial charge in [0, 0.05) is 18.1 Å². The molecule has 1 fully saturated rings. The molecule has 0 radical (unpaired) electrons. The second kappa shape index (κ2) is 6.73. The fraction of sp³-hybridized carbons (Fsp3) is 0.462. The third kappa shape index (κ3) is 4.29. The van der Waals surface area contributed by atoms with Crippen molar-refractivity contribution in [1.29, 1.82) is 0 Å². The van der Waals surface area contributed by atoms with E-state index in [0.717, 1.165) is 12.1 Å². The first-order chi connectivity index (χ1) is 8.74. The van der Waals surface area contributed by atoms with E-state index in [2.05, 4.69) is 5.32 Å². The molecular weight excluding hydrogens is 254 g/mol. The maximum Gasteiger partial charge on any atom is 0.308 e. The predicted octanol–water partition coefficient (Wildman–Crippen LogP) is 1.76. The zero-order valence-corrected chi connectivity index (χ0v) is 10.8. The number of carbonyl (C=O) groups excluding carboxylic acids is 1. The molecule has 1 N–H and O–H groups in total. The summed E-state index contributed by atoms with van der Waals surface area (Å²) in [6.07, 6.45) is 0.207. The standard InChI is InChI=1S/C13H16ClNO3/c14-11-3-1-2-10(6-11)9-18-13(16)7-12-8-15-4-5-17-12/h1-3,6,12,15H,4-5,7-9H2. The van der Waals surface area contributed by atoms with Crippen LogP contribution in [0.1, 0.15) is 12.0 Å². The van der Waals surface area contributed by atoms with Gasteiger partial charge in [-0.25, -0.2) is 0 Å². The van der Waals surface area contributed by atoms with Gasteiger partial charge in [-0.2, -0.15) is 0 Å². The second-order valence-electron chi connectivity index (χ2n) is 4.19. The molecule has 0 amide bonds. The monoisotopic (exact) mass is 269 g/mol. The van der Waals surface area contributed by atoms with E-state index in [9.17, 15) is 4.79 Å². The van der Waals surface area contributed by atoms with E-state index in [1.54, 1.807) is 12.1 Å². The summed E-state index contributed by atoms with van der Waals surface area (Å²) >= 11 is 5.85. The molecule has 1 saturated heterocycles. The van der Waals surface area contributed by atoms with Crippen LogP contribution >= 0.6 is 11.6 Å². The highest BCUT2D eigenvalue weighted by molar-refractivity contribution is 6.30. The van der Waals surface area contributed by atoms with Crippen LogP contribution in [0.3, 0.4) is 0 Å². The Balaban J connectivity index is 1.74. The topological polar surface area (TPSA) is 47.6 Å². The predicted molar refractivity (Wildman–Crippen MR) is 68.5 cm³/mol. The van der Waals surface area contributed by atoms with Gasteiger partial charge in [-0.15, -0.1) is 0 Å². The molecule has 0 bridgehead atoms. The van der Waals surface area contributed by atoms with E-state index in [0.29, 0.717) is 18.2 Å². The number of carbonyl (C=O) groups is 1. The number of hydrogen-bond donors (Lipinski definition) is 1. The molecular formula is C13H16ClNO3. The van der Waals surface area contributed by atoms with E-state index >= 15 is 0 Å². The fourth-order valence-corrected chi connectivity index (χ4v) is 2.00. The molecule has 98 valence electrons. The van der Waals surface area contributed by atoms with Crippen molar-refractivity contribution in [3.8, 4) is 0 Å². The summed E-state index contributed by atoms with van der Waals surface area (Å²) in [6, 6.07) is 7.28. The summed E-state index contributed by atoms with van der Waals surface area (Å²) in [6.45, 7) is 2.44. The van der Waals surface area contributed by atoms with Crippen molar-refractivity contribution in [2.75, 3.05) is 19.7 Å². The van der Waals surface area contributed by atoms with Gasteiger partial charge in [0.2, 0.25) is 0 Å². The molecule has 1 aromatic rings. The Kier molecular flexibility index (Phi) is 4.99. The zero-order valence-electron chi connectivity index (χ0n) is 10.0. The minimum absolute atomic E-state index is 0.0781. The first-order valence-corrected chi connectivity index (χ1v) is 6.34. The van der Waals surface area contributed by atoms with Crippen molar-refractivity contribution in [2.24, 2.45) is 0 Å².